The summed E-state index contributed by atoms with van der Waals surface area (Å²) in [5, 5.41) is 3.78. The summed E-state index contributed by atoms with van der Waals surface area (Å²) >= 11 is 0. The van der Waals surface area contributed by atoms with Crippen molar-refractivity contribution in [2.75, 3.05) is 26.2 Å². The van der Waals surface area contributed by atoms with Crippen LogP contribution in [0.1, 0.15) is 60.9 Å². The Kier molecular flexibility index (Phi) is 4.93. The Bertz CT molecular complexity index is 782. The second kappa shape index (κ2) is 7.70. The molecule has 3 aliphatic rings. The maximum atomic E-state index is 12.4. The molecule has 1 amide bonds. The molecule has 2 saturated heterocycles. The number of carbonyl (C=O) groups is 1. The van der Waals surface area contributed by atoms with E-state index in [0.717, 1.165) is 44.3 Å². The van der Waals surface area contributed by atoms with E-state index in [4.69, 9.17) is 4.52 Å². The molecule has 1 aliphatic carbocycles. The normalized spacial score (nSPS) is 22.6. The lowest BCUT2D eigenvalue weighted by molar-refractivity contribution is 0.0587. The molecule has 3 fully saturated rings. The van der Waals surface area contributed by atoms with Gasteiger partial charge >= 0.3 is 0 Å². The van der Waals surface area contributed by atoms with Gasteiger partial charge in [-0.05, 0) is 63.5 Å². The average molecular weight is 383 g/mol. The zero-order valence-electron chi connectivity index (χ0n) is 16.4. The lowest BCUT2D eigenvalue weighted by atomic mass is 9.78. The number of amides is 1. The number of carbonyl (C=O) groups excluding carboxylic acids is 1. The Labute approximate surface area is 165 Å². The van der Waals surface area contributed by atoms with Gasteiger partial charge in [0, 0.05) is 37.6 Å². The molecule has 7 heteroatoms. The molecular weight excluding hydrogens is 354 g/mol. The van der Waals surface area contributed by atoms with Crippen molar-refractivity contribution in [1.82, 2.24) is 24.5 Å². The third kappa shape index (κ3) is 3.72. The van der Waals surface area contributed by atoms with E-state index in [1.807, 2.05) is 11.1 Å². The Morgan fingerprint density at radius 3 is 2.39 bits per heavy atom. The van der Waals surface area contributed by atoms with Gasteiger partial charge in [-0.15, -0.1) is 0 Å². The van der Waals surface area contributed by atoms with Crippen molar-refractivity contribution >= 4 is 5.91 Å². The molecule has 0 spiro atoms. The van der Waals surface area contributed by atoms with Crippen LogP contribution in [0, 0.1) is 11.8 Å². The van der Waals surface area contributed by atoms with Crippen LogP contribution in [0.4, 0.5) is 0 Å². The van der Waals surface area contributed by atoms with Gasteiger partial charge in [0.25, 0.3) is 5.91 Å². The number of hydrogen-bond acceptors (Lipinski definition) is 5. The molecule has 0 bridgehead atoms. The number of imidazole rings is 1. The highest BCUT2D eigenvalue weighted by molar-refractivity contribution is 5.92. The Hall–Kier alpha value is -2.15. The van der Waals surface area contributed by atoms with Crippen molar-refractivity contribution in [2.24, 2.45) is 11.8 Å². The molecule has 0 aromatic carbocycles. The van der Waals surface area contributed by atoms with Crippen LogP contribution in [-0.4, -0.2) is 56.6 Å². The van der Waals surface area contributed by atoms with Crippen molar-refractivity contribution in [2.45, 2.75) is 51.1 Å². The predicted molar refractivity (Wildman–Crippen MR) is 104 cm³/mol. The molecule has 2 aliphatic heterocycles. The van der Waals surface area contributed by atoms with Gasteiger partial charge in [-0.25, -0.2) is 4.98 Å². The summed E-state index contributed by atoms with van der Waals surface area (Å²) in [6.07, 6.45) is 12.9. The van der Waals surface area contributed by atoms with Crippen molar-refractivity contribution in [3.8, 4) is 0 Å². The summed E-state index contributed by atoms with van der Waals surface area (Å²) in [7, 11) is 0. The fourth-order valence-corrected chi connectivity index (χ4v) is 4.99. The van der Waals surface area contributed by atoms with Crippen LogP contribution in [0.25, 0.3) is 0 Å². The first-order valence-electron chi connectivity index (χ1n) is 10.7. The van der Waals surface area contributed by atoms with Crippen LogP contribution in [0.3, 0.4) is 0 Å². The second-order valence-electron chi connectivity index (χ2n) is 8.61. The molecule has 0 atom stereocenters. The molecule has 7 nitrogen and oxygen atoms in total. The molecule has 2 aromatic rings. The standard InChI is InChI=1S/C21H29N5O2/c27-21(19-7-14-28-23-19)25-11-5-17(6-12-25)16-3-9-24(10-4-16)15-20-22-8-13-26(20)18-1-2-18/h7-8,13-14,16-18H,1-6,9-12,15H2. The molecule has 1 saturated carbocycles. The van der Waals surface area contributed by atoms with Gasteiger partial charge < -0.3 is 14.0 Å². The fraction of sp³-hybridized carbons (Fsp3) is 0.667. The predicted octanol–water partition coefficient (Wildman–Crippen LogP) is 2.97. The summed E-state index contributed by atoms with van der Waals surface area (Å²) in [5.41, 5.74) is 0.427. The van der Waals surface area contributed by atoms with Crippen LogP contribution in [0.2, 0.25) is 0 Å². The van der Waals surface area contributed by atoms with Crippen molar-refractivity contribution < 1.29 is 9.32 Å². The molecule has 28 heavy (non-hydrogen) atoms. The van der Waals surface area contributed by atoms with E-state index in [1.165, 1.54) is 50.9 Å². The molecule has 0 N–H and O–H groups in total. The second-order valence-corrected chi connectivity index (χ2v) is 8.61. The maximum Gasteiger partial charge on any atom is 0.276 e. The van der Waals surface area contributed by atoms with Gasteiger partial charge in [0.05, 0.1) is 6.54 Å². The summed E-state index contributed by atoms with van der Waals surface area (Å²) < 4.78 is 7.19. The van der Waals surface area contributed by atoms with Crippen LogP contribution in [0.5, 0.6) is 0 Å². The molecule has 2 aromatic heterocycles. The number of likely N-dealkylation sites (tertiary alicyclic amines) is 2. The zero-order chi connectivity index (χ0) is 18.9. The number of nitrogens with zero attached hydrogens (tertiary/aromatic N) is 5. The van der Waals surface area contributed by atoms with Crippen LogP contribution in [-0.2, 0) is 6.54 Å². The Morgan fingerprint density at radius 1 is 1.04 bits per heavy atom. The van der Waals surface area contributed by atoms with Crippen LogP contribution >= 0.6 is 0 Å². The lowest BCUT2D eigenvalue weighted by Gasteiger charge is -2.40. The van der Waals surface area contributed by atoms with Crippen LogP contribution < -0.4 is 0 Å². The highest BCUT2D eigenvalue weighted by Crippen LogP contribution is 2.36. The average Bonchev–Trinajstić information content (AvgIpc) is 3.23. The molecule has 0 unspecified atom stereocenters. The minimum atomic E-state index is 0.00758. The highest BCUT2D eigenvalue weighted by atomic mass is 16.5. The van der Waals surface area contributed by atoms with Crippen LogP contribution in [0.15, 0.2) is 29.2 Å². The van der Waals surface area contributed by atoms with Gasteiger partial charge in [0.2, 0.25) is 0 Å². The molecule has 150 valence electrons. The minimum Gasteiger partial charge on any atom is -0.364 e. The van der Waals surface area contributed by atoms with E-state index in [0.29, 0.717) is 11.7 Å². The number of hydrogen-bond donors (Lipinski definition) is 0. The Balaban J connectivity index is 1.09. The van der Waals surface area contributed by atoms with Crippen molar-refractivity contribution in [3.05, 3.63) is 36.2 Å². The highest BCUT2D eigenvalue weighted by Gasteiger charge is 2.32. The number of rotatable bonds is 5. The molecule has 4 heterocycles. The summed E-state index contributed by atoms with van der Waals surface area (Å²) in [4.78, 5) is 21.5. The van der Waals surface area contributed by atoms with E-state index in [-0.39, 0.29) is 5.91 Å². The molecule has 5 rings (SSSR count). The van der Waals surface area contributed by atoms with Crippen molar-refractivity contribution in [1.29, 1.82) is 0 Å². The molecule has 0 radical (unpaired) electrons. The smallest absolute Gasteiger partial charge is 0.276 e. The number of aromatic nitrogens is 3. The monoisotopic (exact) mass is 383 g/mol. The lowest BCUT2D eigenvalue weighted by Crippen LogP contribution is -2.42. The summed E-state index contributed by atoms with van der Waals surface area (Å²) in [6, 6.07) is 2.36. The first kappa shape index (κ1) is 17.9. The van der Waals surface area contributed by atoms with E-state index in [2.05, 4.69) is 25.8 Å². The largest absolute Gasteiger partial charge is 0.364 e. The molecular formula is C21H29N5O2. The first-order chi connectivity index (χ1) is 13.8. The summed E-state index contributed by atoms with van der Waals surface area (Å²) in [6.45, 7) is 5.01. The third-order valence-corrected chi connectivity index (χ3v) is 6.84. The first-order valence-corrected chi connectivity index (χ1v) is 10.7. The van der Waals surface area contributed by atoms with E-state index in [1.54, 1.807) is 6.07 Å². The fourth-order valence-electron chi connectivity index (χ4n) is 4.99. The third-order valence-electron chi connectivity index (χ3n) is 6.84. The van der Waals surface area contributed by atoms with Crippen molar-refractivity contribution in [3.63, 3.8) is 0 Å². The zero-order valence-corrected chi connectivity index (χ0v) is 16.4. The van der Waals surface area contributed by atoms with Gasteiger partial charge in [-0.3, -0.25) is 9.69 Å². The minimum absolute atomic E-state index is 0.00758. The Morgan fingerprint density at radius 2 is 1.75 bits per heavy atom. The van der Waals surface area contributed by atoms with Gasteiger partial charge in [0.15, 0.2) is 5.69 Å². The van der Waals surface area contributed by atoms with E-state index >= 15 is 0 Å². The maximum absolute atomic E-state index is 12.4. The van der Waals surface area contributed by atoms with E-state index in [9.17, 15) is 4.79 Å². The topological polar surface area (TPSA) is 67.4 Å². The SMILES string of the molecule is O=C(c1ccon1)N1CCC(C2CCN(Cc3nccn3C3CC3)CC2)CC1. The van der Waals surface area contributed by atoms with Gasteiger partial charge in [0.1, 0.15) is 12.1 Å². The van der Waals surface area contributed by atoms with Gasteiger partial charge in [-0.1, -0.05) is 5.16 Å². The summed E-state index contributed by atoms with van der Waals surface area (Å²) in [5.74, 6) is 2.79. The number of piperidine rings is 2. The van der Waals surface area contributed by atoms with Gasteiger partial charge in [-0.2, -0.15) is 0 Å². The van der Waals surface area contributed by atoms with E-state index < -0.39 is 0 Å². The quantitative estimate of drug-likeness (QED) is 0.794.